The summed E-state index contributed by atoms with van der Waals surface area (Å²) < 4.78 is 13.8. The van der Waals surface area contributed by atoms with Gasteiger partial charge in [0.05, 0.1) is 27.2 Å². The highest BCUT2D eigenvalue weighted by Crippen LogP contribution is 2.40. The minimum atomic E-state index is -0.0470. The number of nitrogens with zero attached hydrogens (tertiary/aromatic N) is 1. The van der Waals surface area contributed by atoms with Crippen LogP contribution in [0.25, 0.3) is 0 Å². The van der Waals surface area contributed by atoms with Gasteiger partial charge in [0.2, 0.25) is 0 Å². The van der Waals surface area contributed by atoms with Crippen LogP contribution in [-0.2, 0) is 19.6 Å². The average molecular weight is 680 g/mol. The summed E-state index contributed by atoms with van der Waals surface area (Å²) in [5.74, 6) is 2.02. The molecule has 0 amide bonds. The lowest BCUT2D eigenvalue weighted by molar-refractivity contribution is -0.928. The van der Waals surface area contributed by atoms with Gasteiger partial charge in [-0.15, -0.1) is 0 Å². The summed E-state index contributed by atoms with van der Waals surface area (Å²) in [5.41, 5.74) is 4.83. The molecule has 1 heterocycles. The molecule has 0 bridgehead atoms. The monoisotopic (exact) mass is 679 g/mol. The number of allylic oxidation sites excluding steroid dienone is 1. The molecular formula is C35H40IN2O4+. The second-order valence-electron chi connectivity index (χ2n) is 11.9. The second-order valence-corrected chi connectivity index (χ2v) is 13.1. The highest BCUT2D eigenvalue weighted by atomic mass is 127. The average Bonchev–Trinajstić information content (AvgIpc) is 3.29. The van der Waals surface area contributed by atoms with E-state index >= 15 is 0 Å². The zero-order valence-electron chi connectivity index (χ0n) is 24.7. The molecule has 0 radical (unpaired) electrons. The van der Waals surface area contributed by atoms with Gasteiger partial charge in [0.15, 0.2) is 23.1 Å². The first-order valence-electron chi connectivity index (χ1n) is 14.7. The summed E-state index contributed by atoms with van der Waals surface area (Å²) in [6.45, 7) is 3.71. The molecule has 0 aromatic heterocycles. The number of hydrogen-bond donors (Lipinski definition) is 1. The number of benzene rings is 3. The van der Waals surface area contributed by atoms with Crippen molar-refractivity contribution in [3.8, 4) is 11.5 Å². The van der Waals surface area contributed by atoms with Gasteiger partial charge in [-0.05, 0) is 89.6 Å². The van der Waals surface area contributed by atoms with Crippen LogP contribution in [0.15, 0.2) is 72.9 Å². The van der Waals surface area contributed by atoms with Crippen molar-refractivity contribution in [2.45, 2.75) is 38.8 Å². The third-order valence-corrected chi connectivity index (χ3v) is 9.66. The quantitative estimate of drug-likeness (QED) is 0.107. The van der Waals surface area contributed by atoms with E-state index in [2.05, 4.69) is 65.3 Å². The maximum absolute atomic E-state index is 13.5. The van der Waals surface area contributed by atoms with E-state index in [-0.39, 0.29) is 17.5 Å². The number of hydrogen-bond acceptors (Lipinski definition) is 5. The molecule has 1 unspecified atom stereocenters. The van der Waals surface area contributed by atoms with Gasteiger partial charge < -0.3 is 19.3 Å². The fraction of sp³-hybridized carbons (Fsp3) is 0.371. The van der Waals surface area contributed by atoms with Crippen LogP contribution in [0.1, 0.15) is 56.7 Å². The Labute approximate surface area is 262 Å². The first-order chi connectivity index (χ1) is 20.3. The Morgan fingerprint density at radius 3 is 2.50 bits per heavy atom. The first-order valence-corrected chi connectivity index (χ1v) is 15.8. The Morgan fingerprint density at radius 1 is 1.05 bits per heavy atom. The van der Waals surface area contributed by atoms with Crippen LogP contribution in [0.5, 0.6) is 11.5 Å². The molecule has 1 N–H and O–H groups in total. The Hall–Kier alpha value is -3.17. The fourth-order valence-corrected chi connectivity index (χ4v) is 7.21. The smallest absolute Gasteiger partial charge is 0.188 e. The van der Waals surface area contributed by atoms with Crippen molar-refractivity contribution in [3.05, 3.63) is 104 Å². The van der Waals surface area contributed by atoms with Gasteiger partial charge >= 0.3 is 0 Å². The van der Waals surface area contributed by atoms with Gasteiger partial charge in [0.1, 0.15) is 13.2 Å². The number of nitrogens with one attached hydrogen (secondary N) is 1. The van der Waals surface area contributed by atoms with Crippen molar-refractivity contribution >= 4 is 34.2 Å². The van der Waals surface area contributed by atoms with E-state index in [0.717, 1.165) is 70.1 Å². The molecule has 1 saturated heterocycles. The third-order valence-electron chi connectivity index (χ3n) is 8.77. The van der Waals surface area contributed by atoms with E-state index in [9.17, 15) is 9.59 Å². The number of halogens is 1. The Bertz CT molecular complexity index is 1460. The van der Waals surface area contributed by atoms with E-state index in [1.165, 1.54) is 11.6 Å². The minimum Gasteiger partial charge on any atom is -0.493 e. The predicted octanol–water partition coefficient (Wildman–Crippen LogP) is 6.60. The molecule has 0 spiro atoms. The molecule has 1 aliphatic heterocycles. The van der Waals surface area contributed by atoms with Gasteiger partial charge in [-0.3, -0.25) is 9.59 Å². The normalized spacial score (nSPS) is 21.8. The van der Waals surface area contributed by atoms with E-state index < -0.39 is 0 Å². The SMILES string of the molecule is CN/C=C\C(=O)c1ccc(COc2cc3c(cc2OC)C(=O)C(CC2CC[N+](C)(Cc4ccccc4)CC2)C3)cc1I. The van der Waals surface area contributed by atoms with Gasteiger partial charge in [-0.2, -0.15) is 0 Å². The van der Waals surface area contributed by atoms with Gasteiger partial charge in [-0.1, -0.05) is 36.4 Å². The predicted molar refractivity (Wildman–Crippen MR) is 174 cm³/mol. The largest absolute Gasteiger partial charge is 0.493 e. The molecule has 220 valence electrons. The number of ether oxygens (including phenoxy) is 2. The topological polar surface area (TPSA) is 64.6 Å². The summed E-state index contributed by atoms with van der Waals surface area (Å²) >= 11 is 2.18. The van der Waals surface area contributed by atoms with E-state index in [0.29, 0.717) is 29.6 Å². The number of rotatable bonds is 11. The number of methoxy groups -OCH3 is 1. The minimum absolute atomic E-state index is 0.0274. The lowest BCUT2D eigenvalue weighted by Gasteiger charge is -2.41. The summed E-state index contributed by atoms with van der Waals surface area (Å²) in [5, 5.41) is 2.84. The van der Waals surface area contributed by atoms with Crippen molar-refractivity contribution in [2.24, 2.45) is 11.8 Å². The standard InChI is InChI=1S/C35H39IN2O4/c1-37-14-11-32(39)29-10-9-26(18-31(29)36)23-42-34-20-27-19-28(35(40)30(27)21-33(34)41-3)17-24-12-15-38(2,16-13-24)22-25-7-5-4-6-8-25/h4-11,14,18,20-21,24,28H,12-13,15-17,19,22-23H2,1-3H3/p+1. The summed E-state index contributed by atoms with van der Waals surface area (Å²) in [7, 11) is 5.74. The molecule has 3 aromatic carbocycles. The lowest BCUT2D eigenvalue weighted by atomic mass is 9.84. The van der Waals surface area contributed by atoms with Crippen LogP contribution in [-0.4, -0.2) is 50.3 Å². The van der Waals surface area contributed by atoms with Gasteiger partial charge in [0.25, 0.3) is 0 Å². The highest BCUT2D eigenvalue weighted by Gasteiger charge is 2.37. The molecule has 7 heteroatoms. The van der Waals surface area contributed by atoms with E-state index in [1.54, 1.807) is 20.4 Å². The molecule has 5 rings (SSSR count). The maximum Gasteiger partial charge on any atom is 0.188 e. The number of likely N-dealkylation sites (tertiary alicyclic amines) is 1. The zero-order chi connectivity index (χ0) is 29.7. The highest BCUT2D eigenvalue weighted by molar-refractivity contribution is 14.1. The van der Waals surface area contributed by atoms with Crippen molar-refractivity contribution in [2.75, 3.05) is 34.3 Å². The van der Waals surface area contributed by atoms with E-state index in [1.807, 2.05) is 30.3 Å². The number of Topliss-reactive ketones (excluding diaryl/α,β-unsaturated/α-hetero) is 1. The summed E-state index contributed by atoms with van der Waals surface area (Å²) in [6, 6.07) is 20.3. The molecule has 0 saturated carbocycles. The Morgan fingerprint density at radius 2 is 1.81 bits per heavy atom. The second kappa shape index (κ2) is 13.4. The number of ketones is 2. The van der Waals surface area contributed by atoms with Crippen molar-refractivity contribution in [1.29, 1.82) is 0 Å². The third kappa shape index (κ3) is 7.06. The maximum atomic E-state index is 13.5. The summed E-state index contributed by atoms with van der Waals surface area (Å²) in [4.78, 5) is 25.8. The number of piperidine rings is 1. The molecule has 1 aliphatic carbocycles. The molecule has 6 nitrogen and oxygen atoms in total. The molecule has 3 aromatic rings. The van der Waals surface area contributed by atoms with E-state index in [4.69, 9.17) is 9.47 Å². The number of carbonyl (C=O) groups is 2. The first kappa shape index (κ1) is 30.3. The molecule has 1 fully saturated rings. The van der Waals surface area contributed by atoms with Crippen LogP contribution in [0.3, 0.4) is 0 Å². The number of carbonyl (C=O) groups excluding carboxylic acids is 2. The molecule has 2 aliphatic rings. The van der Waals surface area contributed by atoms with Crippen LogP contribution >= 0.6 is 22.6 Å². The number of quaternary nitrogens is 1. The Kier molecular flexibility index (Phi) is 9.68. The Balaban J connectivity index is 1.20. The lowest BCUT2D eigenvalue weighted by Crippen LogP contribution is -2.49. The van der Waals surface area contributed by atoms with Crippen LogP contribution < -0.4 is 14.8 Å². The molecular weight excluding hydrogens is 639 g/mol. The van der Waals surface area contributed by atoms with Gasteiger partial charge in [0, 0.05) is 45.5 Å². The number of fused-ring (bicyclic) bond motifs is 1. The molecule has 1 atom stereocenters. The summed E-state index contributed by atoms with van der Waals surface area (Å²) in [6.07, 6.45) is 7.18. The van der Waals surface area contributed by atoms with Crippen molar-refractivity contribution in [3.63, 3.8) is 0 Å². The van der Waals surface area contributed by atoms with Crippen LogP contribution in [0.4, 0.5) is 0 Å². The fourth-order valence-electron chi connectivity index (χ4n) is 6.36. The molecule has 42 heavy (non-hydrogen) atoms. The zero-order valence-corrected chi connectivity index (χ0v) is 26.9. The van der Waals surface area contributed by atoms with Crippen molar-refractivity contribution in [1.82, 2.24) is 5.32 Å². The van der Waals surface area contributed by atoms with Crippen LogP contribution in [0.2, 0.25) is 0 Å². The van der Waals surface area contributed by atoms with Gasteiger partial charge in [-0.25, -0.2) is 0 Å². The van der Waals surface area contributed by atoms with Crippen LogP contribution in [0, 0.1) is 15.4 Å². The van der Waals surface area contributed by atoms with Crippen molar-refractivity contribution < 1.29 is 23.5 Å².